The van der Waals surface area contributed by atoms with Gasteiger partial charge in [0, 0.05) is 11.2 Å². The summed E-state index contributed by atoms with van der Waals surface area (Å²) < 4.78 is 38.0. The second-order valence-electron chi connectivity index (χ2n) is 4.02. The normalized spacial score (nSPS) is 11.5. The number of hydrogen-bond donors (Lipinski definition) is 2. The number of pyridine rings is 1. The van der Waals surface area contributed by atoms with Gasteiger partial charge in [0.05, 0.1) is 27.0 Å². The molecule has 0 spiro atoms. The first-order valence-corrected chi connectivity index (χ1v) is 6.56. The highest BCUT2D eigenvalue weighted by molar-refractivity contribution is 6.41. The van der Waals surface area contributed by atoms with E-state index in [1.54, 1.807) is 0 Å². The van der Waals surface area contributed by atoms with Crippen molar-refractivity contribution in [2.75, 3.05) is 11.1 Å². The van der Waals surface area contributed by atoms with Gasteiger partial charge in [-0.05, 0) is 18.2 Å². The van der Waals surface area contributed by atoms with E-state index in [0.29, 0.717) is 11.2 Å². The average molecular weight is 357 g/mol. The van der Waals surface area contributed by atoms with Gasteiger partial charge in [-0.25, -0.2) is 4.98 Å². The van der Waals surface area contributed by atoms with E-state index in [1.807, 2.05) is 0 Å². The van der Waals surface area contributed by atoms with E-state index in [0.717, 1.165) is 6.07 Å². The third-order valence-electron chi connectivity index (χ3n) is 2.51. The third-order valence-corrected chi connectivity index (χ3v) is 3.33. The molecule has 1 aromatic carbocycles. The van der Waals surface area contributed by atoms with Gasteiger partial charge in [-0.3, -0.25) is 0 Å². The number of nitrogens with one attached hydrogen (secondary N) is 1. The van der Waals surface area contributed by atoms with Crippen LogP contribution in [0.1, 0.15) is 5.56 Å². The monoisotopic (exact) mass is 355 g/mol. The highest BCUT2D eigenvalue weighted by atomic mass is 35.5. The Bertz CT molecular complexity index is 666. The molecule has 1 heterocycles. The van der Waals surface area contributed by atoms with Gasteiger partial charge < -0.3 is 11.1 Å². The fourth-order valence-electron chi connectivity index (χ4n) is 1.53. The summed E-state index contributed by atoms with van der Waals surface area (Å²) in [6, 6.07) is 3.62. The SMILES string of the molecule is Nc1ncc(C(F)(F)F)cc1Nc1c(Cl)cc(Cl)cc1Cl. The van der Waals surface area contributed by atoms with Crippen LogP contribution in [0.2, 0.25) is 15.1 Å². The molecule has 0 aliphatic heterocycles. The summed E-state index contributed by atoms with van der Waals surface area (Å²) in [5.41, 5.74) is 4.74. The van der Waals surface area contributed by atoms with Crippen LogP contribution < -0.4 is 11.1 Å². The predicted molar refractivity (Wildman–Crippen MR) is 78.4 cm³/mol. The largest absolute Gasteiger partial charge is 0.417 e. The first kappa shape index (κ1) is 16.0. The van der Waals surface area contributed by atoms with Gasteiger partial charge in [0.2, 0.25) is 0 Å². The van der Waals surface area contributed by atoms with Crippen molar-refractivity contribution in [1.29, 1.82) is 0 Å². The fraction of sp³-hybridized carbons (Fsp3) is 0.0833. The van der Waals surface area contributed by atoms with Crippen molar-refractivity contribution in [1.82, 2.24) is 4.98 Å². The summed E-state index contributed by atoms with van der Waals surface area (Å²) in [6.07, 6.45) is -3.89. The average Bonchev–Trinajstić information content (AvgIpc) is 2.34. The number of halogens is 6. The molecule has 2 rings (SSSR count). The number of rotatable bonds is 2. The fourth-order valence-corrected chi connectivity index (χ4v) is 2.44. The second-order valence-corrected chi connectivity index (χ2v) is 5.27. The van der Waals surface area contributed by atoms with Crippen LogP contribution in [0.25, 0.3) is 0 Å². The van der Waals surface area contributed by atoms with Gasteiger partial charge in [0.1, 0.15) is 5.82 Å². The summed E-state index contributed by atoms with van der Waals surface area (Å²) in [4.78, 5) is 3.50. The Balaban J connectivity index is 2.45. The molecule has 0 unspecified atom stereocenters. The molecule has 0 amide bonds. The van der Waals surface area contributed by atoms with Crippen LogP contribution in [0.15, 0.2) is 24.4 Å². The molecule has 0 atom stereocenters. The van der Waals surface area contributed by atoms with Crippen LogP contribution in [0.4, 0.5) is 30.4 Å². The molecule has 21 heavy (non-hydrogen) atoms. The molecule has 0 fully saturated rings. The Hall–Kier alpha value is -1.37. The molecule has 0 bridgehead atoms. The molecule has 3 N–H and O–H groups in total. The van der Waals surface area contributed by atoms with Gasteiger partial charge in [-0.1, -0.05) is 34.8 Å². The lowest BCUT2D eigenvalue weighted by Gasteiger charge is -2.14. The van der Waals surface area contributed by atoms with Crippen LogP contribution in [-0.2, 0) is 6.18 Å². The molecular weight excluding hydrogens is 350 g/mol. The zero-order chi connectivity index (χ0) is 15.8. The van der Waals surface area contributed by atoms with Crippen LogP contribution >= 0.6 is 34.8 Å². The van der Waals surface area contributed by atoms with Gasteiger partial charge in [-0.15, -0.1) is 0 Å². The third kappa shape index (κ3) is 3.64. The maximum Gasteiger partial charge on any atom is 0.417 e. The van der Waals surface area contributed by atoms with Crippen molar-refractivity contribution < 1.29 is 13.2 Å². The van der Waals surface area contributed by atoms with Crippen molar-refractivity contribution in [2.45, 2.75) is 6.18 Å². The van der Waals surface area contributed by atoms with E-state index in [-0.39, 0.29) is 27.2 Å². The Morgan fingerprint density at radius 2 is 1.62 bits per heavy atom. The van der Waals surface area contributed by atoms with Crippen molar-refractivity contribution in [2.24, 2.45) is 0 Å². The lowest BCUT2D eigenvalue weighted by atomic mass is 10.2. The Morgan fingerprint density at radius 3 is 2.14 bits per heavy atom. The van der Waals surface area contributed by atoms with Crippen molar-refractivity contribution in [3.05, 3.63) is 45.0 Å². The molecule has 0 aliphatic carbocycles. The summed E-state index contributed by atoms with van der Waals surface area (Å²) in [5, 5.41) is 3.22. The Kier molecular flexibility index (Phi) is 4.41. The number of nitrogens with zero attached hydrogens (tertiary/aromatic N) is 1. The summed E-state index contributed by atoms with van der Waals surface area (Å²) >= 11 is 17.7. The summed E-state index contributed by atoms with van der Waals surface area (Å²) in [7, 11) is 0. The van der Waals surface area contributed by atoms with Gasteiger partial charge in [-0.2, -0.15) is 13.2 Å². The molecule has 3 nitrogen and oxygen atoms in total. The van der Waals surface area contributed by atoms with Crippen LogP contribution in [0.3, 0.4) is 0 Å². The molecule has 0 aliphatic rings. The van der Waals surface area contributed by atoms with Gasteiger partial charge in [0.15, 0.2) is 0 Å². The number of nitrogen functional groups attached to an aromatic ring is 1. The quantitative estimate of drug-likeness (QED) is 0.759. The summed E-state index contributed by atoms with van der Waals surface area (Å²) in [6.45, 7) is 0. The number of aromatic nitrogens is 1. The second kappa shape index (κ2) is 5.79. The number of benzene rings is 1. The number of hydrogen-bond acceptors (Lipinski definition) is 3. The van der Waals surface area contributed by atoms with Crippen molar-refractivity contribution in [3.8, 4) is 0 Å². The van der Waals surface area contributed by atoms with E-state index in [1.165, 1.54) is 12.1 Å². The molecule has 0 saturated carbocycles. The summed E-state index contributed by atoms with van der Waals surface area (Å²) in [5.74, 6) is -0.120. The number of nitrogens with two attached hydrogens (primary N) is 1. The molecule has 112 valence electrons. The highest BCUT2D eigenvalue weighted by Crippen LogP contribution is 2.38. The zero-order valence-electron chi connectivity index (χ0n) is 10.1. The predicted octanol–water partition coefficient (Wildman–Crippen LogP) is 5.39. The van der Waals surface area contributed by atoms with Gasteiger partial charge >= 0.3 is 6.18 Å². The smallest absolute Gasteiger partial charge is 0.382 e. The van der Waals surface area contributed by atoms with Crippen molar-refractivity contribution >= 4 is 52.0 Å². The van der Waals surface area contributed by atoms with Crippen LogP contribution in [-0.4, -0.2) is 4.98 Å². The first-order chi connectivity index (χ1) is 9.68. The minimum Gasteiger partial charge on any atom is -0.382 e. The van der Waals surface area contributed by atoms with E-state index in [2.05, 4.69) is 10.3 Å². The van der Waals surface area contributed by atoms with E-state index < -0.39 is 11.7 Å². The lowest BCUT2D eigenvalue weighted by molar-refractivity contribution is -0.137. The first-order valence-electron chi connectivity index (χ1n) is 5.43. The Morgan fingerprint density at radius 1 is 1.05 bits per heavy atom. The van der Waals surface area contributed by atoms with Gasteiger partial charge in [0.25, 0.3) is 0 Å². The molecule has 0 saturated heterocycles. The maximum absolute atomic E-state index is 12.7. The molecule has 1 aromatic heterocycles. The minimum atomic E-state index is -4.54. The van der Waals surface area contributed by atoms with Crippen molar-refractivity contribution in [3.63, 3.8) is 0 Å². The Labute approximate surface area is 132 Å². The number of anilines is 3. The molecule has 2 aromatic rings. The van der Waals surface area contributed by atoms with E-state index in [4.69, 9.17) is 40.5 Å². The molecule has 9 heteroatoms. The van der Waals surface area contributed by atoms with Crippen LogP contribution in [0, 0.1) is 0 Å². The minimum absolute atomic E-state index is 0.0593. The van der Waals surface area contributed by atoms with E-state index in [9.17, 15) is 13.2 Å². The topological polar surface area (TPSA) is 50.9 Å². The standard InChI is InChI=1S/C12H7Cl3F3N3/c13-6-2-7(14)10(8(15)3-6)21-9-1-5(12(16,17)18)4-20-11(9)19/h1-4,21H,(H2,19,20). The maximum atomic E-state index is 12.7. The van der Waals surface area contributed by atoms with E-state index >= 15 is 0 Å². The molecule has 0 radical (unpaired) electrons. The highest BCUT2D eigenvalue weighted by Gasteiger charge is 2.31. The molecular formula is C12H7Cl3F3N3. The zero-order valence-corrected chi connectivity index (χ0v) is 12.4. The lowest BCUT2D eigenvalue weighted by Crippen LogP contribution is -2.08. The number of alkyl halides is 3. The van der Waals surface area contributed by atoms with Crippen LogP contribution in [0.5, 0.6) is 0 Å².